The van der Waals surface area contributed by atoms with E-state index in [0.717, 1.165) is 0 Å². The van der Waals surface area contributed by atoms with Gasteiger partial charge in [0, 0.05) is 0 Å². The third-order valence-electron chi connectivity index (χ3n) is 1.85. The topological polar surface area (TPSA) is 79.4 Å². The lowest BCUT2D eigenvalue weighted by Gasteiger charge is -2.14. The lowest BCUT2D eigenvalue weighted by Crippen LogP contribution is -2.24. The largest absolute Gasteiger partial charge is 0.391 e. The van der Waals surface area contributed by atoms with Crippen LogP contribution in [0.5, 0.6) is 0 Å². The van der Waals surface area contributed by atoms with E-state index in [1.807, 2.05) is 0 Å². The van der Waals surface area contributed by atoms with Crippen molar-refractivity contribution in [3.05, 3.63) is 29.6 Å². The van der Waals surface area contributed by atoms with Crippen LogP contribution in [0.4, 0.5) is 0 Å². The maximum Gasteiger partial charge on any atom is 0.0853 e. The van der Waals surface area contributed by atoms with E-state index in [9.17, 15) is 5.11 Å². The van der Waals surface area contributed by atoms with Gasteiger partial charge >= 0.3 is 0 Å². The number of aromatic nitrogens is 1. The summed E-state index contributed by atoms with van der Waals surface area (Å²) in [4.78, 5) is 4.08. The molecule has 0 bridgehead atoms. The number of rotatable bonds is 3. The van der Waals surface area contributed by atoms with Crippen LogP contribution in [0.3, 0.4) is 0 Å². The molecular weight excluding hydrogens is 168 g/mol. The molecule has 0 saturated carbocycles. The molecule has 0 amide bonds. The minimum Gasteiger partial charge on any atom is -0.391 e. The first-order chi connectivity index (χ1) is 6.15. The predicted molar refractivity (Wildman–Crippen MR) is 48.8 cm³/mol. The van der Waals surface area contributed by atoms with Crippen LogP contribution in [0.15, 0.2) is 18.2 Å². The Morgan fingerprint density at radius 3 is 2.77 bits per heavy atom. The lowest BCUT2D eigenvalue weighted by atomic mass is 10.1. The molecule has 2 unspecified atom stereocenters. The molecule has 72 valence electrons. The van der Waals surface area contributed by atoms with Gasteiger partial charge < -0.3 is 15.9 Å². The Balaban J connectivity index is 2.88. The Morgan fingerprint density at radius 1 is 1.54 bits per heavy atom. The van der Waals surface area contributed by atoms with E-state index in [1.54, 1.807) is 25.1 Å². The maximum absolute atomic E-state index is 9.21. The van der Waals surface area contributed by atoms with Crippen molar-refractivity contribution in [1.29, 1.82) is 0 Å². The van der Waals surface area contributed by atoms with Gasteiger partial charge in [-0.2, -0.15) is 0 Å². The van der Waals surface area contributed by atoms with Crippen molar-refractivity contribution in [2.75, 3.05) is 0 Å². The third kappa shape index (κ3) is 2.48. The fourth-order valence-electron chi connectivity index (χ4n) is 1.02. The first kappa shape index (κ1) is 10.1. The van der Waals surface area contributed by atoms with Gasteiger partial charge in [-0.15, -0.1) is 0 Å². The van der Waals surface area contributed by atoms with Gasteiger partial charge in [-0.25, -0.2) is 0 Å². The van der Waals surface area contributed by atoms with Crippen molar-refractivity contribution in [1.82, 2.24) is 4.98 Å². The number of nitrogens with two attached hydrogens (primary N) is 1. The zero-order chi connectivity index (χ0) is 9.84. The van der Waals surface area contributed by atoms with Gasteiger partial charge in [0.2, 0.25) is 0 Å². The van der Waals surface area contributed by atoms with E-state index in [2.05, 4.69) is 4.98 Å². The molecule has 13 heavy (non-hydrogen) atoms. The van der Waals surface area contributed by atoms with Gasteiger partial charge in [0.15, 0.2) is 0 Å². The number of pyridine rings is 1. The smallest absolute Gasteiger partial charge is 0.0853 e. The second-order valence-electron chi connectivity index (χ2n) is 2.98. The molecule has 4 N–H and O–H groups in total. The zero-order valence-electron chi connectivity index (χ0n) is 7.51. The summed E-state index contributed by atoms with van der Waals surface area (Å²) in [6.45, 7) is 1.50. The van der Waals surface area contributed by atoms with Gasteiger partial charge in [-0.3, -0.25) is 4.98 Å². The fraction of sp³-hybridized carbons (Fsp3) is 0.444. The third-order valence-corrected chi connectivity index (χ3v) is 1.85. The Hall–Kier alpha value is -0.970. The molecule has 0 fully saturated rings. The van der Waals surface area contributed by atoms with Crippen molar-refractivity contribution < 1.29 is 10.2 Å². The van der Waals surface area contributed by atoms with Crippen LogP contribution in [-0.2, 0) is 6.61 Å². The standard InChI is InChI=1S/C9H14N2O2/c1-6(13)9(10)8-4-2-3-7(5-12)11-8/h2-4,6,9,12-13H,5,10H2,1H3. The van der Waals surface area contributed by atoms with E-state index in [-0.39, 0.29) is 6.61 Å². The molecule has 4 nitrogen and oxygen atoms in total. The van der Waals surface area contributed by atoms with Gasteiger partial charge in [0.05, 0.1) is 30.1 Å². The number of hydrogen-bond acceptors (Lipinski definition) is 4. The summed E-state index contributed by atoms with van der Waals surface area (Å²) >= 11 is 0. The molecule has 1 aromatic rings. The van der Waals surface area contributed by atoms with Gasteiger partial charge in [0.25, 0.3) is 0 Å². The average Bonchev–Trinajstić information content (AvgIpc) is 2.16. The van der Waals surface area contributed by atoms with E-state index < -0.39 is 12.1 Å². The van der Waals surface area contributed by atoms with Crippen LogP contribution < -0.4 is 5.73 Å². The molecule has 0 radical (unpaired) electrons. The SMILES string of the molecule is CC(O)C(N)c1cccc(CO)n1. The number of aliphatic hydroxyl groups is 2. The molecule has 4 heteroatoms. The average molecular weight is 182 g/mol. The highest BCUT2D eigenvalue weighted by molar-refractivity contribution is 5.14. The van der Waals surface area contributed by atoms with E-state index >= 15 is 0 Å². The molecule has 1 rings (SSSR count). The van der Waals surface area contributed by atoms with Gasteiger partial charge in [0.1, 0.15) is 0 Å². The Labute approximate surface area is 77.0 Å². The van der Waals surface area contributed by atoms with Crippen molar-refractivity contribution in [2.45, 2.75) is 25.7 Å². The second kappa shape index (κ2) is 4.32. The van der Waals surface area contributed by atoms with Crippen molar-refractivity contribution in [3.8, 4) is 0 Å². The molecular formula is C9H14N2O2. The summed E-state index contributed by atoms with van der Waals surface area (Å²) < 4.78 is 0. The summed E-state index contributed by atoms with van der Waals surface area (Å²) in [7, 11) is 0. The van der Waals surface area contributed by atoms with Crippen molar-refractivity contribution >= 4 is 0 Å². The highest BCUT2D eigenvalue weighted by Gasteiger charge is 2.13. The molecule has 0 aliphatic carbocycles. The van der Waals surface area contributed by atoms with Crippen LogP contribution >= 0.6 is 0 Å². The Bertz CT molecular complexity index is 276. The fourth-order valence-corrected chi connectivity index (χ4v) is 1.02. The lowest BCUT2D eigenvalue weighted by molar-refractivity contribution is 0.162. The van der Waals surface area contributed by atoms with Crippen LogP contribution in [0.1, 0.15) is 24.4 Å². The molecule has 1 aromatic heterocycles. The summed E-state index contributed by atoms with van der Waals surface area (Å²) in [5.74, 6) is 0. The molecule has 0 spiro atoms. The van der Waals surface area contributed by atoms with Gasteiger partial charge in [-0.05, 0) is 19.1 Å². The highest BCUT2D eigenvalue weighted by Crippen LogP contribution is 2.11. The molecule has 0 aromatic carbocycles. The number of hydrogen-bond donors (Lipinski definition) is 3. The summed E-state index contributed by atoms with van der Waals surface area (Å²) in [6, 6.07) is 4.71. The quantitative estimate of drug-likeness (QED) is 0.612. The zero-order valence-corrected chi connectivity index (χ0v) is 7.51. The highest BCUT2D eigenvalue weighted by atomic mass is 16.3. The summed E-state index contributed by atoms with van der Waals surface area (Å²) in [5, 5.41) is 18.0. The summed E-state index contributed by atoms with van der Waals surface area (Å²) in [6.07, 6.45) is -0.638. The monoisotopic (exact) mass is 182 g/mol. The maximum atomic E-state index is 9.21. The molecule has 1 heterocycles. The number of aliphatic hydroxyl groups excluding tert-OH is 2. The molecule has 0 aliphatic heterocycles. The van der Waals surface area contributed by atoms with Gasteiger partial charge in [-0.1, -0.05) is 6.07 Å². The van der Waals surface area contributed by atoms with Crippen molar-refractivity contribution in [2.24, 2.45) is 5.73 Å². The second-order valence-corrected chi connectivity index (χ2v) is 2.98. The Morgan fingerprint density at radius 2 is 2.23 bits per heavy atom. The molecule has 2 atom stereocenters. The minimum absolute atomic E-state index is 0.111. The van der Waals surface area contributed by atoms with Crippen LogP contribution in [0, 0.1) is 0 Å². The van der Waals surface area contributed by atoms with E-state index in [4.69, 9.17) is 10.8 Å². The number of nitrogens with zero attached hydrogens (tertiary/aromatic N) is 1. The molecule has 0 saturated heterocycles. The van der Waals surface area contributed by atoms with Crippen LogP contribution in [-0.4, -0.2) is 21.3 Å². The Kier molecular flexibility index (Phi) is 3.36. The first-order valence-corrected chi connectivity index (χ1v) is 4.15. The molecule has 0 aliphatic rings. The normalized spacial score (nSPS) is 15.4. The first-order valence-electron chi connectivity index (χ1n) is 4.15. The predicted octanol–water partition coefficient (Wildman–Crippen LogP) is -0.0455. The van der Waals surface area contributed by atoms with Crippen LogP contribution in [0.25, 0.3) is 0 Å². The minimum atomic E-state index is -0.638. The van der Waals surface area contributed by atoms with Crippen LogP contribution in [0.2, 0.25) is 0 Å². The summed E-state index contributed by atoms with van der Waals surface area (Å²) in [5.41, 5.74) is 6.83. The van der Waals surface area contributed by atoms with Crippen molar-refractivity contribution in [3.63, 3.8) is 0 Å². The van der Waals surface area contributed by atoms with E-state index in [1.165, 1.54) is 0 Å². The van der Waals surface area contributed by atoms with E-state index in [0.29, 0.717) is 11.4 Å².